The molecule has 0 aromatic carbocycles. The van der Waals surface area contributed by atoms with E-state index in [1.54, 1.807) is 51.0 Å². The molecule has 5 heterocycles. The Morgan fingerprint density at radius 3 is 2.63 bits per heavy atom. The molecule has 11 heteroatoms. The van der Waals surface area contributed by atoms with E-state index in [0.29, 0.717) is 43.1 Å². The third-order valence-electron chi connectivity index (χ3n) is 7.39. The van der Waals surface area contributed by atoms with Gasteiger partial charge in [0, 0.05) is 73.8 Å². The zero-order valence-corrected chi connectivity index (χ0v) is 19.0. The van der Waals surface area contributed by atoms with Crippen LogP contribution in [0, 0.1) is 11.8 Å². The average Bonchev–Trinajstić information content (AvgIpc) is 3.38. The maximum atomic E-state index is 13.5. The molecule has 188 valence electrons. The van der Waals surface area contributed by atoms with Crippen LogP contribution in [0.3, 0.4) is 0 Å². The van der Waals surface area contributed by atoms with Gasteiger partial charge in [-0.1, -0.05) is 6.07 Å². The molecular formula is C24H27F3N4O4. The molecule has 4 atom stereocenters. The number of halogens is 3. The van der Waals surface area contributed by atoms with Crippen LogP contribution in [0.4, 0.5) is 13.2 Å². The number of aliphatic hydroxyl groups excluding tert-OH is 1. The number of alkyl halides is 3. The average molecular weight is 492 g/mol. The number of likely N-dealkylation sites (tertiary alicyclic amines) is 1. The Bertz CT molecular complexity index is 1130. The third kappa shape index (κ3) is 4.36. The van der Waals surface area contributed by atoms with Crippen molar-refractivity contribution in [2.24, 2.45) is 11.8 Å². The normalized spacial score (nSPS) is 26.6. The summed E-state index contributed by atoms with van der Waals surface area (Å²) in [6, 6.07) is 5.46. The van der Waals surface area contributed by atoms with Gasteiger partial charge in [-0.15, -0.1) is 0 Å². The fourth-order valence-corrected chi connectivity index (χ4v) is 5.81. The zero-order valence-electron chi connectivity index (χ0n) is 19.0. The van der Waals surface area contributed by atoms with Crippen LogP contribution >= 0.6 is 0 Å². The number of fused-ring (bicyclic) bond motifs is 3. The Hall–Kier alpha value is -2.76. The molecule has 0 bridgehead atoms. The highest BCUT2D eigenvalue weighted by atomic mass is 19.4. The topological polar surface area (TPSA) is 87.9 Å². The summed E-state index contributed by atoms with van der Waals surface area (Å²) in [7, 11) is 0. The number of aromatic nitrogens is 2. The van der Waals surface area contributed by atoms with E-state index in [0.717, 1.165) is 0 Å². The molecule has 1 amide bonds. The van der Waals surface area contributed by atoms with Crippen LogP contribution in [0.15, 0.2) is 41.5 Å². The van der Waals surface area contributed by atoms with Crippen molar-refractivity contribution in [1.82, 2.24) is 19.4 Å². The molecule has 3 aliphatic heterocycles. The Labute approximate surface area is 199 Å². The minimum atomic E-state index is -4.40. The Morgan fingerprint density at radius 1 is 1.20 bits per heavy atom. The molecule has 2 saturated heterocycles. The number of pyridine rings is 2. The number of hydrogen-bond donors (Lipinski definition) is 1. The lowest BCUT2D eigenvalue weighted by atomic mass is 9.88. The summed E-state index contributed by atoms with van der Waals surface area (Å²) < 4.78 is 46.7. The highest BCUT2D eigenvalue weighted by Crippen LogP contribution is 2.50. The van der Waals surface area contributed by atoms with Crippen LogP contribution in [0.5, 0.6) is 0 Å². The third-order valence-corrected chi connectivity index (χ3v) is 7.39. The molecule has 5 rings (SSSR count). The van der Waals surface area contributed by atoms with Gasteiger partial charge in [0.1, 0.15) is 0 Å². The quantitative estimate of drug-likeness (QED) is 0.684. The first-order valence-electron chi connectivity index (χ1n) is 11.7. The van der Waals surface area contributed by atoms with Crippen LogP contribution in [-0.2, 0) is 16.1 Å². The Balaban J connectivity index is 1.54. The highest BCUT2D eigenvalue weighted by Gasteiger charge is 2.56. The van der Waals surface area contributed by atoms with Crippen molar-refractivity contribution >= 4 is 5.91 Å². The maximum absolute atomic E-state index is 13.5. The number of carbonyl (C=O) groups excluding carboxylic acids is 1. The van der Waals surface area contributed by atoms with Gasteiger partial charge in [-0.05, 0) is 18.2 Å². The second kappa shape index (κ2) is 9.36. The van der Waals surface area contributed by atoms with Gasteiger partial charge in [-0.25, -0.2) is 0 Å². The maximum Gasteiger partial charge on any atom is 0.390 e. The molecule has 35 heavy (non-hydrogen) atoms. The Kier molecular flexibility index (Phi) is 6.41. The second-order valence-corrected chi connectivity index (χ2v) is 9.27. The fraction of sp³-hybridized carbons (Fsp3) is 0.542. The molecule has 1 N–H and O–H groups in total. The van der Waals surface area contributed by atoms with Gasteiger partial charge in [0.2, 0.25) is 5.91 Å². The number of amides is 1. The van der Waals surface area contributed by atoms with E-state index in [-0.39, 0.29) is 37.1 Å². The number of morpholine rings is 1. The molecule has 3 aliphatic rings. The van der Waals surface area contributed by atoms with Gasteiger partial charge in [0.25, 0.3) is 5.56 Å². The smallest absolute Gasteiger partial charge is 0.390 e. The molecule has 2 aromatic heterocycles. The van der Waals surface area contributed by atoms with Gasteiger partial charge in [0.15, 0.2) is 0 Å². The predicted octanol–water partition coefficient (Wildman–Crippen LogP) is 1.69. The summed E-state index contributed by atoms with van der Waals surface area (Å²) in [4.78, 5) is 34.1. The van der Waals surface area contributed by atoms with Crippen molar-refractivity contribution in [2.75, 3.05) is 39.5 Å². The molecule has 2 fully saturated rings. The van der Waals surface area contributed by atoms with E-state index >= 15 is 0 Å². The summed E-state index contributed by atoms with van der Waals surface area (Å²) >= 11 is 0. The van der Waals surface area contributed by atoms with E-state index in [1.165, 1.54) is 0 Å². The van der Waals surface area contributed by atoms with Crippen LogP contribution in [-0.4, -0.2) is 82.0 Å². The van der Waals surface area contributed by atoms with Crippen LogP contribution < -0.4 is 5.56 Å². The largest absolute Gasteiger partial charge is 0.396 e. The van der Waals surface area contributed by atoms with E-state index in [9.17, 15) is 27.9 Å². The number of carbonyl (C=O) groups is 1. The standard InChI is InChI=1S/C24H27F3N4O4/c25-24(26,27)5-7-30-20-17(18(14-32)21(30)23(34)29-8-10-35-11-9-29)13-31-19(20)4-3-16(22(31)33)15-2-1-6-28-12-15/h1-4,6,12,17-18,20-21,32H,5,7-11,13-14H2/t17-,18-,20+,21-/m1/s1. The molecule has 8 nitrogen and oxygen atoms in total. The molecule has 0 unspecified atom stereocenters. The summed E-state index contributed by atoms with van der Waals surface area (Å²) in [5.74, 6) is -1.24. The van der Waals surface area contributed by atoms with Crippen molar-refractivity contribution in [1.29, 1.82) is 0 Å². The van der Waals surface area contributed by atoms with Gasteiger partial charge in [-0.3, -0.25) is 19.5 Å². The van der Waals surface area contributed by atoms with Crippen LogP contribution in [0.25, 0.3) is 11.1 Å². The molecule has 2 aromatic rings. The predicted molar refractivity (Wildman–Crippen MR) is 119 cm³/mol. The number of ether oxygens (including phenoxy) is 1. The summed E-state index contributed by atoms with van der Waals surface area (Å²) in [5, 5.41) is 10.3. The summed E-state index contributed by atoms with van der Waals surface area (Å²) in [5.41, 5.74) is 1.42. The van der Waals surface area contributed by atoms with E-state index in [1.807, 2.05) is 0 Å². The van der Waals surface area contributed by atoms with Crippen molar-refractivity contribution < 1.29 is 27.8 Å². The second-order valence-electron chi connectivity index (χ2n) is 9.27. The van der Waals surface area contributed by atoms with Crippen LogP contribution in [0.1, 0.15) is 18.2 Å². The lowest BCUT2D eigenvalue weighted by Gasteiger charge is -2.36. The zero-order chi connectivity index (χ0) is 24.7. The van der Waals surface area contributed by atoms with Gasteiger partial charge < -0.3 is 19.3 Å². The minimum absolute atomic E-state index is 0.230. The van der Waals surface area contributed by atoms with Crippen molar-refractivity contribution in [2.45, 2.75) is 31.2 Å². The molecular weight excluding hydrogens is 465 g/mol. The molecule has 0 spiro atoms. The fourth-order valence-electron chi connectivity index (χ4n) is 5.81. The lowest BCUT2D eigenvalue weighted by Crippen LogP contribution is -2.53. The molecule has 0 aliphatic carbocycles. The number of aliphatic hydroxyl groups is 1. The first-order chi connectivity index (χ1) is 16.8. The Morgan fingerprint density at radius 2 is 1.97 bits per heavy atom. The van der Waals surface area contributed by atoms with E-state index in [2.05, 4.69) is 4.98 Å². The van der Waals surface area contributed by atoms with Crippen molar-refractivity contribution in [3.8, 4) is 11.1 Å². The first kappa shape index (κ1) is 24.0. The number of rotatable bonds is 5. The van der Waals surface area contributed by atoms with Gasteiger partial charge in [-0.2, -0.15) is 13.2 Å². The van der Waals surface area contributed by atoms with E-state index in [4.69, 9.17) is 4.74 Å². The molecule has 0 saturated carbocycles. The number of nitrogens with zero attached hydrogens (tertiary/aromatic N) is 4. The molecule has 0 radical (unpaired) electrons. The monoisotopic (exact) mass is 492 g/mol. The highest BCUT2D eigenvalue weighted by molar-refractivity contribution is 5.83. The lowest BCUT2D eigenvalue weighted by molar-refractivity contribution is -0.149. The summed E-state index contributed by atoms with van der Waals surface area (Å²) in [6.07, 6.45) is -2.29. The van der Waals surface area contributed by atoms with Gasteiger partial charge in [0.05, 0.1) is 31.7 Å². The first-order valence-corrected chi connectivity index (χ1v) is 11.7. The van der Waals surface area contributed by atoms with Crippen LogP contribution in [0.2, 0.25) is 0 Å². The van der Waals surface area contributed by atoms with E-state index < -0.39 is 30.6 Å². The SMILES string of the molecule is O=C([C@H]1[C@H](CO)[C@H]2Cn3c(ccc(-c4cccnc4)c3=O)[C@H]2N1CCC(F)(F)F)N1CCOCC1. The minimum Gasteiger partial charge on any atom is -0.396 e. The number of hydrogen-bond acceptors (Lipinski definition) is 6. The summed E-state index contributed by atoms with van der Waals surface area (Å²) in [6.45, 7) is 0.942. The van der Waals surface area contributed by atoms with Crippen molar-refractivity contribution in [3.63, 3.8) is 0 Å². The van der Waals surface area contributed by atoms with Gasteiger partial charge >= 0.3 is 6.18 Å². The van der Waals surface area contributed by atoms with Crippen molar-refractivity contribution in [3.05, 3.63) is 52.7 Å².